The lowest BCUT2D eigenvalue weighted by Gasteiger charge is -2.40. The van der Waals surface area contributed by atoms with E-state index in [4.69, 9.17) is 4.98 Å². The van der Waals surface area contributed by atoms with E-state index in [1.54, 1.807) is 0 Å². The minimum absolute atomic E-state index is 0.0229. The number of piperazine rings is 1. The highest BCUT2D eigenvalue weighted by molar-refractivity contribution is 5.95. The summed E-state index contributed by atoms with van der Waals surface area (Å²) in [7, 11) is 0. The van der Waals surface area contributed by atoms with Gasteiger partial charge in [-0.1, -0.05) is 53.6 Å². The fourth-order valence-corrected chi connectivity index (χ4v) is 5.05. The Bertz CT molecular complexity index is 1590. The van der Waals surface area contributed by atoms with E-state index in [9.17, 15) is 4.79 Å². The molecule has 3 heterocycles. The normalized spacial score (nSPS) is 16.1. The van der Waals surface area contributed by atoms with Gasteiger partial charge in [-0.05, 0) is 51.1 Å². The van der Waals surface area contributed by atoms with Gasteiger partial charge < -0.3 is 9.80 Å². The van der Waals surface area contributed by atoms with E-state index in [0.29, 0.717) is 19.6 Å². The molecule has 6 rings (SSSR count). The molecule has 1 aliphatic heterocycles. The first-order chi connectivity index (χ1) is 17.5. The molecule has 0 bridgehead atoms. The molecule has 0 unspecified atom stereocenters. The lowest BCUT2D eigenvalue weighted by molar-refractivity contribution is 0.0673. The van der Waals surface area contributed by atoms with Gasteiger partial charge >= 0.3 is 0 Å². The number of anilines is 1. The summed E-state index contributed by atoms with van der Waals surface area (Å²) in [5, 5.41) is 10.2. The van der Waals surface area contributed by atoms with E-state index >= 15 is 0 Å². The third kappa shape index (κ3) is 3.77. The fourth-order valence-electron chi connectivity index (χ4n) is 5.05. The lowest BCUT2D eigenvalue weighted by atomic mass is 10.1. The van der Waals surface area contributed by atoms with Crippen molar-refractivity contribution in [3.05, 3.63) is 89.5 Å². The number of para-hydroxylation sites is 1. The molecular weight excluding hydrogens is 448 g/mol. The van der Waals surface area contributed by atoms with Crippen molar-refractivity contribution in [2.75, 3.05) is 24.5 Å². The van der Waals surface area contributed by atoms with Crippen LogP contribution >= 0.6 is 0 Å². The van der Waals surface area contributed by atoms with Gasteiger partial charge in [-0.25, -0.2) is 9.38 Å². The molecule has 0 saturated carbocycles. The maximum atomic E-state index is 13.2. The molecule has 0 spiro atoms. The van der Waals surface area contributed by atoms with Crippen molar-refractivity contribution >= 4 is 28.4 Å². The minimum Gasteiger partial charge on any atom is -0.338 e. The Morgan fingerprint density at radius 3 is 2.47 bits per heavy atom. The van der Waals surface area contributed by atoms with Gasteiger partial charge in [0, 0.05) is 42.2 Å². The van der Waals surface area contributed by atoms with Crippen molar-refractivity contribution in [3.63, 3.8) is 0 Å². The van der Waals surface area contributed by atoms with Gasteiger partial charge in [-0.3, -0.25) is 4.79 Å². The molecule has 1 atom stereocenters. The highest BCUT2D eigenvalue weighted by atomic mass is 16.2. The molecule has 5 aromatic rings. The van der Waals surface area contributed by atoms with Crippen molar-refractivity contribution in [2.45, 2.75) is 26.8 Å². The van der Waals surface area contributed by atoms with Crippen LogP contribution in [-0.2, 0) is 0 Å². The van der Waals surface area contributed by atoms with Crippen LogP contribution in [0.5, 0.6) is 0 Å². The van der Waals surface area contributed by atoms with Crippen molar-refractivity contribution in [2.24, 2.45) is 0 Å². The van der Waals surface area contributed by atoms with E-state index in [0.717, 1.165) is 50.6 Å². The van der Waals surface area contributed by atoms with Crippen molar-refractivity contribution in [3.8, 4) is 11.4 Å². The molecular formula is C29H28N6O. The van der Waals surface area contributed by atoms with Gasteiger partial charge in [-0.15, -0.1) is 10.2 Å². The number of rotatable bonds is 3. The number of hydrogen-bond donors (Lipinski definition) is 0. The largest absolute Gasteiger partial charge is 0.338 e. The smallest absolute Gasteiger partial charge is 0.254 e. The Morgan fingerprint density at radius 1 is 0.889 bits per heavy atom. The maximum Gasteiger partial charge on any atom is 0.254 e. The standard InChI is InChI=1S/C29H28N6O/c1-19-11-13-22(14-12-19)28(36)34-16-15-33(18-21(34)3)29-30-25-10-5-4-9-24(25)27-32-31-26(35(27)29)23-8-6-7-20(2)17-23/h4-14,17,21H,15-16,18H2,1-3H3/t21-/m0/s1. The number of aromatic nitrogens is 4. The summed E-state index contributed by atoms with van der Waals surface area (Å²) in [6.45, 7) is 8.17. The van der Waals surface area contributed by atoms with Crippen LogP contribution in [0.4, 0.5) is 5.95 Å². The van der Waals surface area contributed by atoms with E-state index in [2.05, 4.69) is 51.5 Å². The second kappa shape index (κ2) is 8.75. The number of hydrogen-bond acceptors (Lipinski definition) is 5. The minimum atomic E-state index is 0.0229. The van der Waals surface area contributed by atoms with Crippen LogP contribution in [0.3, 0.4) is 0 Å². The Balaban J connectivity index is 1.41. The molecule has 0 radical (unpaired) electrons. The lowest BCUT2D eigenvalue weighted by Crippen LogP contribution is -2.54. The third-order valence-electron chi connectivity index (χ3n) is 6.97. The zero-order valence-electron chi connectivity index (χ0n) is 20.7. The van der Waals surface area contributed by atoms with Crippen LogP contribution in [-0.4, -0.2) is 56.1 Å². The molecule has 0 aliphatic carbocycles. The SMILES string of the molecule is Cc1ccc(C(=O)N2CCN(c3nc4ccccc4c4nnc(-c5cccc(C)c5)n34)C[C@@H]2C)cc1. The summed E-state index contributed by atoms with van der Waals surface area (Å²) in [4.78, 5) is 22.6. The number of fused-ring (bicyclic) bond motifs is 3. The predicted molar refractivity (Wildman–Crippen MR) is 142 cm³/mol. The molecule has 7 nitrogen and oxygen atoms in total. The first kappa shape index (κ1) is 22.2. The third-order valence-corrected chi connectivity index (χ3v) is 6.97. The molecule has 1 saturated heterocycles. The molecule has 36 heavy (non-hydrogen) atoms. The highest BCUT2D eigenvalue weighted by Crippen LogP contribution is 2.30. The van der Waals surface area contributed by atoms with Gasteiger partial charge in [0.2, 0.25) is 5.95 Å². The molecule has 1 aliphatic rings. The first-order valence-electron chi connectivity index (χ1n) is 12.3. The number of benzene rings is 3. The van der Waals surface area contributed by atoms with E-state index in [1.807, 2.05) is 66.4 Å². The molecule has 2 aromatic heterocycles. The van der Waals surface area contributed by atoms with Crippen LogP contribution in [0, 0.1) is 13.8 Å². The number of nitrogens with zero attached hydrogens (tertiary/aromatic N) is 6. The summed E-state index contributed by atoms with van der Waals surface area (Å²) in [6, 6.07) is 24.2. The van der Waals surface area contributed by atoms with Crippen LogP contribution < -0.4 is 4.90 Å². The van der Waals surface area contributed by atoms with E-state index in [1.165, 1.54) is 0 Å². The predicted octanol–water partition coefficient (Wildman–Crippen LogP) is 4.91. The van der Waals surface area contributed by atoms with Gasteiger partial charge in [0.15, 0.2) is 11.5 Å². The Kier molecular flexibility index (Phi) is 5.40. The Labute approximate surface area is 210 Å². The van der Waals surface area contributed by atoms with E-state index in [-0.39, 0.29) is 11.9 Å². The first-order valence-corrected chi connectivity index (χ1v) is 12.3. The maximum absolute atomic E-state index is 13.2. The number of carbonyl (C=O) groups is 1. The average Bonchev–Trinajstić information content (AvgIpc) is 3.34. The van der Waals surface area contributed by atoms with Gasteiger partial charge in [0.25, 0.3) is 5.91 Å². The molecule has 1 amide bonds. The van der Waals surface area contributed by atoms with Crippen molar-refractivity contribution in [1.82, 2.24) is 24.5 Å². The monoisotopic (exact) mass is 476 g/mol. The Morgan fingerprint density at radius 2 is 1.69 bits per heavy atom. The molecule has 180 valence electrons. The summed E-state index contributed by atoms with van der Waals surface area (Å²) < 4.78 is 2.07. The average molecular weight is 477 g/mol. The highest BCUT2D eigenvalue weighted by Gasteiger charge is 2.31. The van der Waals surface area contributed by atoms with Crippen molar-refractivity contribution < 1.29 is 4.79 Å². The summed E-state index contributed by atoms with van der Waals surface area (Å²) in [6.07, 6.45) is 0. The molecule has 3 aromatic carbocycles. The molecule has 0 N–H and O–H groups in total. The summed E-state index contributed by atoms with van der Waals surface area (Å²) in [5.74, 6) is 1.65. The second-order valence-corrected chi connectivity index (χ2v) is 9.64. The topological polar surface area (TPSA) is 66.6 Å². The second-order valence-electron chi connectivity index (χ2n) is 9.64. The molecule has 1 fully saturated rings. The Hall–Kier alpha value is -4.26. The van der Waals surface area contributed by atoms with Gasteiger partial charge in [-0.2, -0.15) is 0 Å². The van der Waals surface area contributed by atoms with Crippen LogP contribution in [0.2, 0.25) is 0 Å². The van der Waals surface area contributed by atoms with Gasteiger partial charge in [0.05, 0.1) is 5.52 Å². The zero-order chi connectivity index (χ0) is 24.8. The zero-order valence-corrected chi connectivity index (χ0v) is 20.7. The van der Waals surface area contributed by atoms with Crippen LogP contribution in [0.15, 0.2) is 72.8 Å². The molecule has 7 heteroatoms. The number of amides is 1. The number of carbonyl (C=O) groups excluding carboxylic acids is 1. The van der Waals surface area contributed by atoms with Crippen molar-refractivity contribution in [1.29, 1.82) is 0 Å². The van der Waals surface area contributed by atoms with E-state index < -0.39 is 0 Å². The summed E-state index contributed by atoms with van der Waals surface area (Å²) in [5.41, 5.74) is 5.72. The van der Waals surface area contributed by atoms with Crippen LogP contribution in [0.1, 0.15) is 28.4 Å². The van der Waals surface area contributed by atoms with Crippen LogP contribution in [0.25, 0.3) is 27.9 Å². The fraction of sp³-hybridized carbons (Fsp3) is 0.241. The summed E-state index contributed by atoms with van der Waals surface area (Å²) >= 11 is 0. The van der Waals surface area contributed by atoms with Gasteiger partial charge in [0.1, 0.15) is 0 Å². The number of aryl methyl sites for hydroxylation is 2. The quantitative estimate of drug-likeness (QED) is 0.370.